The van der Waals surface area contributed by atoms with Gasteiger partial charge in [-0.15, -0.1) is 6.58 Å². The van der Waals surface area contributed by atoms with Gasteiger partial charge in [0.25, 0.3) is 5.91 Å². The molecule has 27 heavy (non-hydrogen) atoms. The maximum Gasteiger partial charge on any atom is 0.387 e. The van der Waals surface area contributed by atoms with Crippen LogP contribution in [0.15, 0.2) is 60.0 Å². The number of hydrogen-bond donors (Lipinski definition) is 2. The number of carbonyl (C=O) groups is 1. The summed E-state index contributed by atoms with van der Waals surface area (Å²) in [7, 11) is -3.69. The van der Waals surface area contributed by atoms with Gasteiger partial charge >= 0.3 is 6.61 Å². The van der Waals surface area contributed by atoms with E-state index in [-0.39, 0.29) is 33.5 Å². The van der Waals surface area contributed by atoms with E-state index in [1.807, 2.05) is 0 Å². The van der Waals surface area contributed by atoms with Crippen LogP contribution < -0.4 is 14.8 Å². The number of hydrogen-bond acceptors (Lipinski definition) is 4. The molecule has 144 valence electrons. The molecule has 6 nitrogen and oxygen atoms in total. The Hall–Kier alpha value is -2.49. The molecule has 0 spiro atoms. The quantitative estimate of drug-likeness (QED) is 0.643. The first-order valence-electron chi connectivity index (χ1n) is 7.49. The normalized spacial score (nSPS) is 11.3. The standard InChI is InChI=1S/C17H15ClF2N2O4S/c1-2-9-21-27(24,25)13-6-3-11(4-7-13)16(23)22-12-5-8-15(14(18)10-12)26-17(19)20/h2-8,10,17,21H,1,9H2,(H,22,23). The number of amides is 1. The third-order valence-electron chi connectivity index (χ3n) is 3.25. The van der Waals surface area contributed by atoms with E-state index in [2.05, 4.69) is 21.4 Å². The third kappa shape index (κ3) is 5.75. The molecule has 0 aliphatic rings. The fourth-order valence-corrected chi connectivity index (χ4v) is 3.23. The van der Waals surface area contributed by atoms with Crippen LogP contribution in [0, 0.1) is 0 Å². The van der Waals surface area contributed by atoms with Crippen molar-refractivity contribution in [3.05, 3.63) is 65.7 Å². The summed E-state index contributed by atoms with van der Waals surface area (Å²) in [5, 5.41) is 2.43. The maximum atomic E-state index is 12.2. The van der Waals surface area contributed by atoms with Crippen LogP contribution in [0.25, 0.3) is 0 Å². The number of halogens is 3. The van der Waals surface area contributed by atoms with Crippen molar-refractivity contribution >= 4 is 33.2 Å². The van der Waals surface area contributed by atoms with Crippen LogP contribution in [0.1, 0.15) is 10.4 Å². The average molecular weight is 417 g/mol. The molecule has 0 bridgehead atoms. The lowest BCUT2D eigenvalue weighted by Crippen LogP contribution is -2.23. The van der Waals surface area contributed by atoms with Gasteiger partial charge in [0, 0.05) is 17.8 Å². The fraction of sp³-hybridized carbons (Fsp3) is 0.118. The van der Waals surface area contributed by atoms with Crippen LogP contribution >= 0.6 is 11.6 Å². The summed E-state index contributed by atoms with van der Waals surface area (Å²) in [5.41, 5.74) is 0.456. The van der Waals surface area contributed by atoms with Crippen LogP contribution in [0.3, 0.4) is 0 Å². The molecule has 0 aliphatic carbocycles. The molecule has 2 aromatic carbocycles. The van der Waals surface area contributed by atoms with Gasteiger partial charge in [0.15, 0.2) is 0 Å². The minimum Gasteiger partial charge on any atom is -0.433 e. The van der Waals surface area contributed by atoms with E-state index in [0.29, 0.717) is 0 Å². The van der Waals surface area contributed by atoms with E-state index in [0.717, 1.165) is 0 Å². The van der Waals surface area contributed by atoms with Gasteiger partial charge in [-0.25, -0.2) is 13.1 Å². The zero-order chi connectivity index (χ0) is 20.0. The van der Waals surface area contributed by atoms with E-state index in [9.17, 15) is 22.0 Å². The van der Waals surface area contributed by atoms with Crippen LogP contribution in [0.5, 0.6) is 5.75 Å². The molecule has 0 radical (unpaired) electrons. The molecule has 0 aliphatic heterocycles. The lowest BCUT2D eigenvalue weighted by atomic mass is 10.2. The second-order valence-corrected chi connectivity index (χ2v) is 7.32. The van der Waals surface area contributed by atoms with E-state index >= 15 is 0 Å². The predicted molar refractivity (Wildman–Crippen MR) is 97.9 cm³/mol. The molecular weight excluding hydrogens is 402 g/mol. The Kier molecular flexibility index (Phi) is 6.89. The number of ether oxygens (including phenoxy) is 1. The van der Waals surface area contributed by atoms with E-state index in [1.54, 1.807) is 0 Å². The number of carbonyl (C=O) groups excluding carboxylic acids is 1. The van der Waals surface area contributed by atoms with Gasteiger partial charge in [-0.1, -0.05) is 17.7 Å². The van der Waals surface area contributed by atoms with Crippen molar-refractivity contribution in [3.63, 3.8) is 0 Å². The third-order valence-corrected chi connectivity index (χ3v) is 4.99. The van der Waals surface area contributed by atoms with Gasteiger partial charge in [0.1, 0.15) is 5.75 Å². The molecule has 1 amide bonds. The highest BCUT2D eigenvalue weighted by Crippen LogP contribution is 2.29. The van der Waals surface area contributed by atoms with Crippen molar-refractivity contribution in [1.82, 2.24) is 4.72 Å². The Morgan fingerprint density at radius 2 is 1.89 bits per heavy atom. The number of benzene rings is 2. The highest BCUT2D eigenvalue weighted by Gasteiger charge is 2.15. The molecule has 2 N–H and O–H groups in total. The molecular formula is C17H15ClF2N2O4S. The second-order valence-electron chi connectivity index (χ2n) is 5.14. The summed E-state index contributed by atoms with van der Waals surface area (Å²) >= 11 is 5.83. The Bertz CT molecular complexity index is 934. The zero-order valence-corrected chi connectivity index (χ0v) is 15.4. The fourth-order valence-electron chi connectivity index (χ4n) is 2.01. The monoisotopic (exact) mass is 416 g/mol. The first-order chi connectivity index (χ1) is 12.7. The molecule has 0 saturated heterocycles. The molecule has 0 atom stereocenters. The number of anilines is 1. The van der Waals surface area contributed by atoms with Crippen LogP contribution in [0.4, 0.5) is 14.5 Å². The summed E-state index contributed by atoms with van der Waals surface area (Å²) in [4.78, 5) is 12.2. The van der Waals surface area contributed by atoms with Gasteiger partial charge in [-0.05, 0) is 42.5 Å². The van der Waals surface area contributed by atoms with Crippen molar-refractivity contribution in [1.29, 1.82) is 0 Å². The Balaban J connectivity index is 2.10. The van der Waals surface area contributed by atoms with Gasteiger partial charge in [-0.3, -0.25) is 4.79 Å². The number of rotatable bonds is 8. The summed E-state index contributed by atoms with van der Waals surface area (Å²) in [6.45, 7) is 0.491. The summed E-state index contributed by atoms with van der Waals surface area (Å²) in [6, 6.07) is 9.06. The van der Waals surface area contributed by atoms with E-state index in [4.69, 9.17) is 11.6 Å². The van der Waals surface area contributed by atoms with Crippen molar-refractivity contribution in [3.8, 4) is 5.75 Å². The topological polar surface area (TPSA) is 84.5 Å². The largest absolute Gasteiger partial charge is 0.433 e. The molecule has 0 saturated carbocycles. The molecule has 0 fully saturated rings. The molecule has 0 heterocycles. The van der Waals surface area contributed by atoms with Gasteiger partial charge < -0.3 is 10.1 Å². The highest BCUT2D eigenvalue weighted by molar-refractivity contribution is 7.89. The molecule has 10 heteroatoms. The van der Waals surface area contributed by atoms with Crippen molar-refractivity contribution in [2.75, 3.05) is 11.9 Å². The summed E-state index contributed by atoms with van der Waals surface area (Å²) in [5.74, 6) is -0.747. The Morgan fingerprint density at radius 1 is 1.22 bits per heavy atom. The highest BCUT2D eigenvalue weighted by atomic mass is 35.5. The molecule has 2 rings (SSSR count). The summed E-state index contributed by atoms with van der Waals surface area (Å²) < 4.78 is 54.9. The number of alkyl halides is 2. The molecule has 0 aromatic heterocycles. The summed E-state index contributed by atoms with van der Waals surface area (Å²) in [6.07, 6.45) is 1.40. The van der Waals surface area contributed by atoms with Crippen LogP contribution in [-0.4, -0.2) is 27.5 Å². The predicted octanol–water partition coefficient (Wildman–Crippen LogP) is 3.66. The Labute approximate surface area is 159 Å². The lowest BCUT2D eigenvalue weighted by molar-refractivity contribution is -0.0497. The Morgan fingerprint density at radius 3 is 2.44 bits per heavy atom. The van der Waals surface area contributed by atoms with E-state index in [1.165, 1.54) is 48.5 Å². The smallest absolute Gasteiger partial charge is 0.387 e. The molecule has 0 unspecified atom stereocenters. The number of sulfonamides is 1. The lowest BCUT2D eigenvalue weighted by Gasteiger charge is -2.10. The maximum absolute atomic E-state index is 12.2. The van der Waals surface area contributed by atoms with Crippen LogP contribution in [-0.2, 0) is 10.0 Å². The SMILES string of the molecule is C=CCNS(=O)(=O)c1ccc(C(=O)Nc2ccc(OC(F)F)c(Cl)c2)cc1. The van der Waals surface area contributed by atoms with Gasteiger partial charge in [0.05, 0.1) is 9.92 Å². The van der Waals surface area contributed by atoms with Crippen molar-refractivity contribution < 1.29 is 26.7 Å². The average Bonchev–Trinajstić information content (AvgIpc) is 2.62. The minimum atomic E-state index is -3.69. The zero-order valence-electron chi connectivity index (χ0n) is 13.8. The molecule has 2 aromatic rings. The van der Waals surface area contributed by atoms with Gasteiger partial charge in [-0.2, -0.15) is 8.78 Å². The van der Waals surface area contributed by atoms with Crippen molar-refractivity contribution in [2.45, 2.75) is 11.5 Å². The second kappa shape index (κ2) is 8.94. The van der Waals surface area contributed by atoms with Crippen LogP contribution in [0.2, 0.25) is 5.02 Å². The number of nitrogens with one attached hydrogen (secondary N) is 2. The minimum absolute atomic E-state index is 0.00237. The first kappa shape index (κ1) is 20.8. The van der Waals surface area contributed by atoms with E-state index < -0.39 is 22.5 Å². The van der Waals surface area contributed by atoms with Gasteiger partial charge in [0.2, 0.25) is 10.0 Å². The first-order valence-corrected chi connectivity index (χ1v) is 9.35. The van der Waals surface area contributed by atoms with Crippen molar-refractivity contribution in [2.24, 2.45) is 0 Å².